The lowest BCUT2D eigenvalue weighted by Crippen LogP contribution is -2.15. The fourth-order valence-corrected chi connectivity index (χ4v) is 3.08. The van der Waals surface area contributed by atoms with Crippen LogP contribution in [0.15, 0.2) is 0 Å². The minimum Gasteiger partial charge on any atom is -0.381 e. The zero-order valence-electron chi connectivity index (χ0n) is 12.4. The van der Waals surface area contributed by atoms with Crippen LogP contribution in [0.1, 0.15) is 49.2 Å². The molecule has 1 heterocycles. The summed E-state index contributed by atoms with van der Waals surface area (Å²) >= 11 is 1.87. The number of rotatable bonds is 9. The van der Waals surface area contributed by atoms with Crippen molar-refractivity contribution in [2.45, 2.75) is 59.0 Å². The molecule has 0 atom stereocenters. The Kier molecular flexibility index (Phi) is 5.79. The summed E-state index contributed by atoms with van der Waals surface area (Å²) in [6.07, 6.45) is 4.73. The van der Waals surface area contributed by atoms with Crippen LogP contribution >= 0.6 is 11.3 Å². The van der Waals surface area contributed by atoms with Gasteiger partial charge in [0.25, 0.3) is 0 Å². The molecule has 2 rings (SSSR count). The quantitative estimate of drug-likeness (QED) is 0.706. The van der Waals surface area contributed by atoms with Gasteiger partial charge in [-0.3, -0.25) is 0 Å². The number of nitrogens with zero attached hydrogens (tertiary/aromatic N) is 1. The van der Waals surface area contributed by atoms with Crippen LogP contribution in [-0.4, -0.2) is 24.2 Å². The van der Waals surface area contributed by atoms with E-state index in [1.807, 2.05) is 18.3 Å². The third-order valence-corrected chi connectivity index (χ3v) is 4.37. The molecule has 108 valence electrons. The number of ether oxygens (including phenoxy) is 1. The SMILES string of the molecule is CCOCCc1nc(CC(C)C)c(CNC2CC2)s1. The largest absolute Gasteiger partial charge is 0.381 e. The second-order valence-electron chi connectivity index (χ2n) is 5.68. The van der Waals surface area contributed by atoms with Gasteiger partial charge in [0.15, 0.2) is 0 Å². The number of nitrogens with one attached hydrogen (secondary N) is 1. The van der Waals surface area contributed by atoms with Gasteiger partial charge in [-0.1, -0.05) is 13.8 Å². The molecule has 19 heavy (non-hydrogen) atoms. The Labute approximate surface area is 120 Å². The van der Waals surface area contributed by atoms with E-state index in [0.717, 1.165) is 38.6 Å². The van der Waals surface area contributed by atoms with Crippen molar-refractivity contribution < 1.29 is 4.74 Å². The van der Waals surface area contributed by atoms with E-state index >= 15 is 0 Å². The Morgan fingerprint density at radius 1 is 1.42 bits per heavy atom. The molecule has 0 aromatic carbocycles. The molecule has 1 aromatic rings. The normalized spacial score (nSPS) is 15.4. The molecule has 1 aromatic heterocycles. The molecular formula is C15H26N2OS. The summed E-state index contributed by atoms with van der Waals surface area (Å²) in [6, 6.07) is 0.765. The third-order valence-electron chi connectivity index (χ3n) is 3.22. The highest BCUT2D eigenvalue weighted by molar-refractivity contribution is 7.11. The van der Waals surface area contributed by atoms with E-state index < -0.39 is 0 Å². The van der Waals surface area contributed by atoms with Gasteiger partial charge in [0.2, 0.25) is 0 Å². The van der Waals surface area contributed by atoms with Crippen molar-refractivity contribution >= 4 is 11.3 Å². The predicted molar refractivity (Wildman–Crippen MR) is 80.7 cm³/mol. The fourth-order valence-electron chi connectivity index (χ4n) is 2.06. The maximum atomic E-state index is 5.43. The van der Waals surface area contributed by atoms with Gasteiger partial charge in [-0.25, -0.2) is 4.98 Å². The van der Waals surface area contributed by atoms with Crippen LogP contribution in [0.3, 0.4) is 0 Å². The van der Waals surface area contributed by atoms with E-state index in [4.69, 9.17) is 9.72 Å². The van der Waals surface area contributed by atoms with Crippen LogP contribution in [0, 0.1) is 5.92 Å². The second kappa shape index (κ2) is 7.36. The number of hydrogen-bond acceptors (Lipinski definition) is 4. The van der Waals surface area contributed by atoms with Crippen LogP contribution in [0.5, 0.6) is 0 Å². The molecule has 0 bridgehead atoms. The van der Waals surface area contributed by atoms with Gasteiger partial charge in [0, 0.05) is 30.5 Å². The van der Waals surface area contributed by atoms with Crippen molar-refractivity contribution in [1.29, 1.82) is 0 Å². The van der Waals surface area contributed by atoms with Gasteiger partial charge in [0.1, 0.15) is 0 Å². The minimum absolute atomic E-state index is 0.668. The molecule has 0 radical (unpaired) electrons. The monoisotopic (exact) mass is 282 g/mol. The fraction of sp³-hybridized carbons (Fsp3) is 0.800. The van der Waals surface area contributed by atoms with E-state index in [9.17, 15) is 0 Å². The smallest absolute Gasteiger partial charge is 0.0954 e. The molecule has 0 amide bonds. The van der Waals surface area contributed by atoms with Crippen molar-refractivity contribution in [3.8, 4) is 0 Å². The average molecular weight is 282 g/mol. The van der Waals surface area contributed by atoms with Crippen molar-refractivity contribution in [2.75, 3.05) is 13.2 Å². The number of hydrogen-bond donors (Lipinski definition) is 1. The molecule has 1 saturated carbocycles. The van der Waals surface area contributed by atoms with Crippen molar-refractivity contribution in [3.05, 3.63) is 15.6 Å². The van der Waals surface area contributed by atoms with Gasteiger partial charge in [0.05, 0.1) is 17.3 Å². The molecule has 0 spiro atoms. The summed E-state index contributed by atoms with van der Waals surface area (Å²) in [5.41, 5.74) is 1.31. The Morgan fingerprint density at radius 3 is 2.84 bits per heavy atom. The van der Waals surface area contributed by atoms with Crippen LogP contribution in [0.25, 0.3) is 0 Å². The zero-order chi connectivity index (χ0) is 13.7. The van der Waals surface area contributed by atoms with Crippen molar-refractivity contribution in [3.63, 3.8) is 0 Å². The predicted octanol–water partition coefficient (Wildman–Crippen LogP) is 3.17. The first-order chi connectivity index (χ1) is 9.19. The molecule has 1 N–H and O–H groups in total. The molecule has 4 heteroatoms. The lowest BCUT2D eigenvalue weighted by Gasteiger charge is -2.05. The van der Waals surface area contributed by atoms with Crippen molar-refractivity contribution in [1.82, 2.24) is 10.3 Å². The molecule has 0 aliphatic heterocycles. The first kappa shape index (κ1) is 14.9. The summed E-state index contributed by atoms with van der Waals surface area (Å²) in [4.78, 5) is 6.26. The minimum atomic E-state index is 0.668. The Morgan fingerprint density at radius 2 is 2.21 bits per heavy atom. The highest BCUT2D eigenvalue weighted by Crippen LogP contribution is 2.24. The van der Waals surface area contributed by atoms with Gasteiger partial charge >= 0.3 is 0 Å². The molecule has 1 aliphatic carbocycles. The molecule has 1 fully saturated rings. The first-order valence-electron chi connectivity index (χ1n) is 7.47. The van der Waals surface area contributed by atoms with E-state index in [-0.39, 0.29) is 0 Å². The maximum Gasteiger partial charge on any atom is 0.0954 e. The van der Waals surface area contributed by atoms with Crippen LogP contribution < -0.4 is 5.32 Å². The van der Waals surface area contributed by atoms with Crippen molar-refractivity contribution in [2.24, 2.45) is 5.92 Å². The Hall–Kier alpha value is -0.450. The van der Waals surface area contributed by atoms with Crippen LogP contribution in [-0.2, 0) is 24.1 Å². The highest BCUT2D eigenvalue weighted by atomic mass is 32.1. The molecule has 3 nitrogen and oxygen atoms in total. The van der Waals surface area contributed by atoms with E-state index in [0.29, 0.717) is 5.92 Å². The van der Waals surface area contributed by atoms with Gasteiger partial charge in [-0.05, 0) is 32.1 Å². The Balaban J connectivity index is 1.94. The summed E-state index contributed by atoms with van der Waals surface area (Å²) in [5.74, 6) is 0.668. The second-order valence-corrected chi connectivity index (χ2v) is 6.85. The van der Waals surface area contributed by atoms with Crippen LogP contribution in [0.4, 0.5) is 0 Å². The summed E-state index contributed by atoms with van der Waals surface area (Å²) < 4.78 is 5.43. The molecule has 0 unspecified atom stereocenters. The number of thiazole rings is 1. The van der Waals surface area contributed by atoms with E-state index in [1.165, 1.54) is 28.4 Å². The molecule has 1 aliphatic rings. The van der Waals surface area contributed by atoms with Gasteiger partial charge in [-0.15, -0.1) is 11.3 Å². The number of aromatic nitrogens is 1. The lowest BCUT2D eigenvalue weighted by atomic mass is 10.1. The standard InChI is InChI=1S/C15H26N2OS/c1-4-18-8-7-15-17-13(9-11(2)3)14(19-15)10-16-12-5-6-12/h11-12,16H,4-10H2,1-3H3. The maximum absolute atomic E-state index is 5.43. The van der Waals surface area contributed by atoms with Gasteiger partial charge in [-0.2, -0.15) is 0 Å². The van der Waals surface area contributed by atoms with E-state index in [1.54, 1.807) is 0 Å². The summed E-state index contributed by atoms with van der Waals surface area (Å²) in [7, 11) is 0. The molecular weight excluding hydrogens is 256 g/mol. The summed E-state index contributed by atoms with van der Waals surface area (Å²) in [5, 5.41) is 4.84. The lowest BCUT2D eigenvalue weighted by molar-refractivity contribution is 0.151. The Bertz CT molecular complexity index is 385. The van der Waals surface area contributed by atoms with E-state index in [2.05, 4.69) is 19.2 Å². The zero-order valence-corrected chi connectivity index (χ0v) is 13.2. The first-order valence-corrected chi connectivity index (χ1v) is 8.29. The van der Waals surface area contributed by atoms with Crippen LogP contribution in [0.2, 0.25) is 0 Å². The third kappa shape index (κ3) is 5.21. The highest BCUT2D eigenvalue weighted by Gasteiger charge is 2.21. The average Bonchev–Trinajstić information content (AvgIpc) is 3.10. The summed E-state index contributed by atoms with van der Waals surface area (Å²) in [6.45, 7) is 9.14. The molecule has 0 saturated heterocycles. The topological polar surface area (TPSA) is 34.1 Å². The van der Waals surface area contributed by atoms with Gasteiger partial charge < -0.3 is 10.1 Å².